The number of nitrogens with one attached hydrogen (secondary N) is 4. The predicted molar refractivity (Wildman–Crippen MR) is 234 cm³/mol. The van der Waals surface area contributed by atoms with Crippen molar-refractivity contribution < 1.29 is 40.8 Å². The van der Waals surface area contributed by atoms with Crippen molar-refractivity contribution in [2.75, 3.05) is 67.8 Å². The van der Waals surface area contributed by atoms with Crippen LogP contribution < -0.4 is 20.3 Å². The number of likely N-dealkylation sites (tertiary alicyclic amines) is 1. The van der Waals surface area contributed by atoms with E-state index in [0.29, 0.717) is 74.0 Å². The molecule has 1 atom stereocenters. The molecule has 4 N–H and O–H groups in total. The number of aromatic amines is 1. The number of piperidine rings is 1. The Morgan fingerprint density at radius 2 is 1.65 bits per heavy atom. The Morgan fingerprint density at radius 3 is 2.34 bits per heavy atom. The Balaban J connectivity index is 0.761. The van der Waals surface area contributed by atoms with Crippen LogP contribution in [0.5, 0.6) is 0 Å². The number of fused-ring (bicyclic) bond motifs is 1. The maximum Gasteiger partial charge on any atom is 0.301 e. The molecule has 3 saturated heterocycles. The molecule has 340 valence electrons. The molecule has 3 amide bonds. The number of hydrogen-bond donors (Lipinski definition) is 4. The summed E-state index contributed by atoms with van der Waals surface area (Å²) in [6.45, 7) is 5.21. The smallest absolute Gasteiger partial charge is 0.301 e. The summed E-state index contributed by atoms with van der Waals surface area (Å²) in [5, 5.41) is 5.60. The number of imide groups is 1. The molecule has 1 saturated carbocycles. The quantitative estimate of drug-likeness (QED) is 0.0977. The van der Waals surface area contributed by atoms with Gasteiger partial charge in [-0.2, -0.15) is 12.7 Å². The molecule has 21 heteroatoms. The maximum absolute atomic E-state index is 15.6. The molecular formula is C44H46F3N11O6S. The van der Waals surface area contributed by atoms with Crippen LogP contribution in [0.3, 0.4) is 0 Å². The van der Waals surface area contributed by atoms with Gasteiger partial charge < -0.3 is 20.1 Å². The van der Waals surface area contributed by atoms with Gasteiger partial charge in [0.05, 0.1) is 11.3 Å². The number of benzene rings is 2. The normalized spacial score (nSPS) is 20.7. The first kappa shape index (κ1) is 43.8. The zero-order chi connectivity index (χ0) is 45.7. The number of anilines is 3. The summed E-state index contributed by atoms with van der Waals surface area (Å²) in [6.07, 6.45) is 8.17. The number of ketones is 1. The van der Waals surface area contributed by atoms with Crippen LogP contribution in [0.25, 0.3) is 22.2 Å². The Bertz CT molecular complexity index is 2810. The first-order valence-corrected chi connectivity index (χ1v) is 22.8. The highest BCUT2D eigenvalue weighted by atomic mass is 32.2. The molecule has 5 aromatic rings. The van der Waals surface area contributed by atoms with Crippen LogP contribution in [0.4, 0.5) is 30.5 Å². The van der Waals surface area contributed by atoms with E-state index < -0.39 is 50.8 Å². The Labute approximate surface area is 372 Å². The van der Waals surface area contributed by atoms with Crippen molar-refractivity contribution in [1.82, 2.24) is 39.4 Å². The second-order valence-corrected chi connectivity index (χ2v) is 18.7. The molecule has 0 radical (unpaired) electrons. The Hall–Kier alpha value is -6.45. The van der Waals surface area contributed by atoms with Gasteiger partial charge in [-0.25, -0.2) is 28.1 Å². The number of H-pyrrole nitrogens is 1. The van der Waals surface area contributed by atoms with Crippen LogP contribution in [0.15, 0.2) is 61.2 Å². The summed E-state index contributed by atoms with van der Waals surface area (Å²) >= 11 is 0. The topological polar surface area (TPSA) is 206 Å². The molecule has 6 heterocycles. The van der Waals surface area contributed by atoms with Crippen LogP contribution in [-0.4, -0.2) is 131 Å². The fourth-order valence-corrected chi connectivity index (χ4v) is 9.74. The lowest BCUT2D eigenvalue weighted by Crippen LogP contribution is -2.59. The van der Waals surface area contributed by atoms with Gasteiger partial charge in [-0.05, 0) is 55.2 Å². The molecule has 3 aromatic heterocycles. The number of halogens is 3. The minimum Gasteiger partial charge on any atom is -0.374 e. The number of carbonyl (C=O) groups excluding carboxylic acids is 4. The third kappa shape index (κ3) is 8.62. The molecule has 0 bridgehead atoms. The van der Waals surface area contributed by atoms with Gasteiger partial charge >= 0.3 is 10.2 Å². The monoisotopic (exact) mass is 913 g/mol. The zero-order valence-corrected chi connectivity index (χ0v) is 36.3. The van der Waals surface area contributed by atoms with Gasteiger partial charge in [0, 0.05) is 130 Å². The molecule has 9 rings (SSSR count). The minimum atomic E-state index is -4.16. The molecule has 4 aliphatic rings. The third-order valence-electron chi connectivity index (χ3n) is 12.9. The van der Waals surface area contributed by atoms with E-state index in [9.17, 15) is 27.6 Å². The Morgan fingerprint density at radius 1 is 0.923 bits per heavy atom. The van der Waals surface area contributed by atoms with E-state index >= 15 is 13.2 Å². The number of hydrogen-bond acceptors (Lipinski definition) is 12. The second kappa shape index (κ2) is 17.5. The van der Waals surface area contributed by atoms with E-state index in [-0.39, 0.29) is 65.1 Å². The fourth-order valence-electron chi connectivity index (χ4n) is 8.80. The van der Waals surface area contributed by atoms with Gasteiger partial charge in [0.1, 0.15) is 23.3 Å². The number of amides is 3. The van der Waals surface area contributed by atoms with E-state index in [0.717, 1.165) is 29.3 Å². The number of nitrogens with zero attached hydrogens (tertiary/aromatic N) is 7. The van der Waals surface area contributed by atoms with E-state index in [1.54, 1.807) is 43.7 Å². The Kier molecular flexibility index (Phi) is 11.8. The second-order valence-electron chi connectivity index (χ2n) is 16.9. The molecule has 1 unspecified atom stereocenters. The molecule has 0 spiro atoms. The van der Waals surface area contributed by atoms with Gasteiger partial charge in [0.25, 0.3) is 0 Å². The van der Waals surface area contributed by atoms with Gasteiger partial charge in [-0.15, -0.1) is 0 Å². The SMILES string of the molecule is CCN(C)S(=O)(=O)Nc1ccc(F)c(C(=O)c2c[nH]c3ncc(-c4cnc(N5CCN(C(=O)[C@H]6C[C@H](N7CC(c8ccc(NC9CCC(=O)NC9=O)cc8F)C7)C6)CC5)nc4)cc23)c1F. The van der Waals surface area contributed by atoms with Crippen molar-refractivity contribution in [1.29, 1.82) is 0 Å². The summed E-state index contributed by atoms with van der Waals surface area (Å²) in [5.74, 6) is -3.98. The summed E-state index contributed by atoms with van der Waals surface area (Å²) in [7, 11) is -2.87. The lowest BCUT2D eigenvalue weighted by molar-refractivity contribution is -0.142. The zero-order valence-electron chi connectivity index (χ0n) is 35.5. The van der Waals surface area contributed by atoms with Gasteiger partial charge in [-0.3, -0.25) is 34.1 Å². The molecular weight excluding hydrogens is 868 g/mol. The summed E-state index contributed by atoms with van der Waals surface area (Å²) < 4.78 is 73.9. The lowest BCUT2D eigenvalue weighted by atomic mass is 9.75. The van der Waals surface area contributed by atoms with E-state index in [1.165, 1.54) is 19.3 Å². The van der Waals surface area contributed by atoms with Crippen molar-refractivity contribution in [3.05, 3.63) is 95.3 Å². The molecule has 65 heavy (non-hydrogen) atoms. The number of pyridine rings is 1. The highest BCUT2D eigenvalue weighted by Gasteiger charge is 2.44. The molecule has 3 aliphatic heterocycles. The number of piperazine rings is 1. The first-order valence-electron chi connectivity index (χ1n) is 21.4. The standard InChI is InChI=1S/C44H46F3N11O6S/c1-3-55(2)65(63,64)54-35-7-6-33(45)38(39(35)47)40(60)32-21-49-41-31(32)16-25(18-48-41)26-19-50-44(51-20-26)57-12-10-56(11-13-57)43(62)24-14-29(15-24)58-22-27(23-58)30-5-4-28(17-34(30)46)52-36-8-9-37(59)53-42(36)61/h4-7,16-21,24,27,29,36,52,54H,3,8-15,22-23H2,1-2H3,(H,48,49)(H,53,59,61)/t24-,29-,36?. The van der Waals surface area contributed by atoms with E-state index in [2.05, 4.69) is 40.2 Å². The van der Waals surface area contributed by atoms with Crippen LogP contribution in [-0.2, 0) is 24.6 Å². The largest absolute Gasteiger partial charge is 0.374 e. The van der Waals surface area contributed by atoms with Crippen molar-refractivity contribution in [2.24, 2.45) is 5.92 Å². The number of rotatable bonds is 13. The van der Waals surface area contributed by atoms with Crippen LogP contribution >= 0.6 is 0 Å². The van der Waals surface area contributed by atoms with Gasteiger partial charge in [-0.1, -0.05) is 13.0 Å². The minimum absolute atomic E-state index is 0.0453. The summed E-state index contributed by atoms with van der Waals surface area (Å²) in [5.41, 5.74) is 0.934. The third-order valence-corrected chi connectivity index (χ3v) is 14.5. The van der Waals surface area contributed by atoms with Crippen molar-refractivity contribution >= 4 is 62.1 Å². The fraction of sp³-hybridized carbons (Fsp3) is 0.386. The highest BCUT2D eigenvalue weighted by molar-refractivity contribution is 7.90. The molecule has 1 aliphatic carbocycles. The first-order chi connectivity index (χ1) is 31.2. The van der Waals surface area contributed by atoms with Crippen molar-refractivity contribution in [3.8, 4) is 11.1 Å². The average molecular weight is 914 g/mol. The maximum atomic E-state index is 15.6. The molecule has 17 nitrogen and oxygen atoms in total. The van der Waals surface area contributed by atoms with Crippen LogP contribution in [0.2, 0.25) is 0 Å². The lowest BCUT2D eigenvalue weighted by Gasteiger charge is -2.51. The summed E-state index contributed by atoms with van der Waals surface area (Å²) in [4.78, 5) is 73.2. The summed E-state index contributed by atoms with van der Waals surface area (Å²) in [6, 6.07) is 7.98. The highest BCUT2D eigenvalue weighted by Crippen LogP contribution is 2.40. The van der Waals surface area contributed by atoms with E-state index in [4.69, 9.17) is 0 Å². The van der Waals surface area contributed by atoms with Crippen molar-refractivity contribution in [3.63, 3.8) is 0 Å². The average Bonchev–Trinajstić information content (AvgIpc) is 3.69. The van der Waals surface area contributed by atoms with Crippen LogP contribution in [0, 0.1) is 23.4 Å². The predicted octanol–water partition coefficient (Wildman–Crippen LogP) is 4.02. The number of aromatic nitrogens is 4. The molecule has 4 fully saturated rings. The van der Waals surface area contributed by atoms with Gasteiger partial charge in [0.2, 0.25) is 29.5 Å². The van der Waals surface area contributed by atoms with E-state index in [1.807, 2.05) is 9.80 Å². The van der Waals surface area contributed by atoms with Crippen molar-refractivity contribution in [2.45, 2.75) is 50.6 Å². The molecule has 2 aromatic carbocycles. The van der Waals surface area contributed by atoms with Gasteiger partial charge in [0.15, 0.2) is 5.82 Å². The van der Waals surface area contributed by atoms with Crippen LogP contribution in [0.1, 0.15) is 60.0 Å². The number of carbonyl (C=O) groups is 4.